The summed E-state index contributed by atoms with van der Waals surface area (Å²) in [5.74, 6) is -36.9. The zero-order chi connectivity index (χ0) is 118. The number of nitrogens with zero attached hydrogens (tertiary/aromatic N) is 3. The van der Waals surface area contributed by atoms with Gasteiger partial charge in [0.25, 0.3) is 0 Å². The van der Waals surface area contributed by atoms with Gasteiger partial charge >= 0.3 is 17.9 Å². The van der Waals surface area contributed by atoms with Crippen molar-refractivity contribution in [2.45, 2.75) is 194 Å². The number of aryl methyl sites for hydroxylation is 3. The molecule has 0 aliphatic carbocycles. The second kappa shape index (κ2) is 32.5. The minimum atomic E-state index is -4.14. The number of carbonyl (C=O) groups is 3. The molecule has 6 N–H and O–H groups in total. The Morgan fingerprint density at radius 1 is 0.478 bits per heavy atom. The first-order valence-electron chi connectivity index (χ1n) is 57.1. The van der Waals surface area contributed by atoms with Gasteiger partial charge in [-0.15, -0.1) is 0 Å². The molecule has 3 fully saturated rings. The predicted molar refractivity (Wildman–Crippen MR) is 353 cm³/mol. The van der Waals surface area contributed by atoms with Gasteiger partial charge in [-0.3, -0.25) is 29.1 Å². The third-order valence-electron chi connectivity index (χ3n) is 14.6. The van der Waals surface area contributed by atoms with Crippen LogP contribution >= 0.6 is 0 Å². The number of nitrogens with two attached hydrogens (primary N) is 3. The molecule has 0 aromatic heterocycles. The summed E-state index contributed by atoms with van der Waals surface area (Å²) in [5, 5.41) is 0. The van der Waals surface area contributed by atoms with E-state index >= 15 is 0 Å². The molecule has 15 atom stereocenters. The quantitative estimate of drug-likeness (QED) is 0.0666. The molecule has 3 aromatic carbocycles. The van der Waals surface area contributed by atoms with E-state index in [4.69, 9.17) is 138 Å². The highest BCUT2D eigenvalue weighted by atomic mass is 16.6. The molecule has 0 amide bonds. The molecule has 0 radical (unpaired) electrons. The van der Waals surface area contributed by atoms with Crippen molar-refractivity contribution in [3.05, 3.63) is 69.8 Å². The molecule has 3 saturated heterocycles. The molecule has 9 rings (SSSR count). The van der Waals surface area contributed by atoms with Gasteiger partial charge in [0.2, 0.25) is 0 Å². The van der Waals surface area contributed by atoms with Crippen molar-refractivity contribution in [1.82, 2.24) is 14.7 Å². The molecular formula is C72H114N6O12. The summed E-state index contributed by atoms with van der Waals surface area (Å²) in [6.45, 7) is -45.0. The van der Waals surface area contributed by atoms with Gasteiger partial charge < -0.3 is 59.8 Å². The number of fused-ring (bicyclic) bond motifs is 9. The number of ether oxygens (including phenoxy) is 9. The van der Waals surface area contributed by atoms with Crippen LogP contribution in [0.15, 0.2) is 36.4 Å². The van der Waals surface area contributed by atoms with Gasteiger partial charge in [0, 0.05) is 164 Å². The van der Waals surface area contributed by atoms with Gasteiger partial charge in [-0.2, -0.15) is 0 Å². The molecule has 12 unspecified atom stereocenters. The van der Waals surface area contributed by atoms with Crippen LogP contribution in [0, 0.1) is 53.1 Å². The summed E-state index contributed by atoms with van der Waals surface area (Å²) in [7, 11) is 2.92. The Hall–Kier alpha value is -5.37. The van der Waals surface area contributed by atoms with E-state index in [1.807, 2.05) is 0 Å². The Bertz CT molecular complexity index is 5240. The summed E-state index contributed by atoms with van der Waals surface area (Å²) in [5.41, 5.74) is 15.4. The average molecular weight is 1320 g/mol. The summed E-state index contributed by atoms with van der Waals surface area (Å²) >= 11 is 0. The van der Waals surface area contributed by atoms with Crippen LogP contribution in [0.3, 0.4) is 0 Å². The molecule has 6 aliphatic rings. The van der Waals surface area contributed by atoms with E-state index in [9.17, 15) is 18.5 Å². The van der Waals surface area contributed by atoms with E-state index in [0.29, 0.717) is 25.7 Å². The van der Waals surface area contributed by atoms with E-state index < -0.39 is 302 Å². The van der Waals surface area contributed by atoms with Crippen LogP contribution in [0.2, 0.25) is 0 Å². The first-order valence-corrected chi connectivity index (χ1v) is 27.1. The van der Waals surface area contributed by atoms with Gasteiger partial charge in [0.1, 0.15) is 36.3 Å². The highest BCUT2D eigenvalue weighted by Gasteiger charge is 2.45. The minimum absolute atomic E-state index is 0.00658. The van der Waals surface area contributed by atoms with Crippen molar-refractivity contribution in [2.75, 3.05) is 81.7 Å². The van der Waals surface area contributed by atoms with Crippen LogP contribution in [-0.2, 0) is 47.7 Å². The molecule has 0 saturated carbocycles. The van der Waals surface area contributed by atoms with Gasteiger partial charge in [0.15, 0.2) is 34.5 Å². The van der Waals surface area contributed by atoms with Crippen LogP contribution in [0.4, 0.5) is 0 Å². The maximum atomic E-state index is 13.7. The minimum Gasteiger partial charge on any atom is -0.493 e. The third kappa shape index (κ3) is 17.5. The normalized spacial score (nSPS) is 45.8. The van der Waals surface area contributed by atoms with Crippen LogP contribution in [0.25, 0.3) is 0 Å². The molecule has 6 aliphatic heterocycles. The molecule has 3 aromatic rings. The zero-order valence-electron chi connectivity index (χ0n) is 110. The largest absolute Gasteiger partial charge is 0.493 e. The Morgan fingerprint density at radius 3 is 0.989 bits per heavy atom. The Balaban J connectivity index is 0.000000304. The molecule has 0 bridgehead atoms. The van der Waals surface area contributed by atoms with Crippen molar-refractivity contribution in [3.63, 3.8) is 0 Å². The van der Waals surface area contributed by atoms with Crippen molar-refractivity contribution < 1.29 is 139 Å². The summed E-state index contributed by atoms with van der Waals surface area (Å²) < 4.78 is 542. The van der Waals surface area contributed by atoms with Crippen molar-refractivity contribution in [1.29, 1.82) is 0 Å². The van der Waals surface area contributed by atoms with Crippen LogP contribution in [0.1, 0.15) is 255 Å². The van der Waals surface area contributed by atoms with Gasteiger partial charge in [-0.1, -0.05) is 82.4 Å². The maximum Gasteiger partial charge on any atom is 0.323 e. The van der Waals surface area contributed by atoms with Crippen LogP contribution in [-0.4, -0.2) is 151 Å². The van der Waals surface area contributed by atoms with E-state index in [1.54, 1.807) is 0 Å². The van der Waals surface area contributed by atoms with E-state index in [2.05, 4.69) is 0 Å². The fraction of sp³-hybridized carbons (Fsp3) is 0.708. The number of esters is 3. The van der Waals surface area contributed by atoms with Crippen molar-refractivity contribution >= 4 is 17.9 Å². The van der Waals surface area contributed by atoms with E-state index in [0.717, 1.165) is 41.2 Å². The molecule has 18 heteroatoms. The average Bonchev–Trinajstić information content (AvgIpc) is 0.690. The second-order valence-electron chi connectivity index (χ2n) is 20.5. The lowest BCUT2D eigenvalue weighted by Gasteiger charge is -2.47. The summed E-state index contributed by atoms with van der Waals surface area (Å²) in [6, 6.07) is -10.2. The second-order valence-corrected chi connectivity index (χ2v) is 20.5. The van der Waals surface area contributed by atoms with E-state index in [1.165, 1.54) is 40.6 Å². The van der Waals surface area contributed by atoms with E-state index in [-0.39, 0.29) is 56.6 Å². The number of benzene rings is 3. The number of piperidine rings is 3. The first-order chi connectivity index (χ1) is 65.8. The first kappa shape index (κ1) is 26.1. The molecule has 6 heterocycles. The summed E-state index contributed by atoms with van der Waals surface area (Å²) in [6.07, 6.45) is -32.2. The van der Waals surface area contributed by atoms with Crippen molar-refractivity contribution in [3.8, 4) is 34.5 Å². The topological polar surface area (TPSA) is 222 Å². The number of hydrogen-bond acceptors (Lipinski definition) is 18. The molecular weight excluding hydrogens is 1140 g/mol. The molecule has 0 spiro atoms. The predicted octanol–water partition coefficient (Wildman–Crippen LogP) is 10.7. The van der Waals surface area contributed by atoms with Gasteiger partial charge in [0.05, 0.1) is 54.9 Å². The SMILES string of the molecule is [2H]C([2H])([2H])Oc1cc2c(cc1OC)C1CC([2H])(OC(=O)[C@@]([2H])(N)C([2H])(C([2H])([2H])[2H])C([2H])([2H])[2H])C(C([2H])([2H])C([2H])(C)C([2H])([2H])[2H])CN1C([2H])([2H])C2([2H])[2H].[2H]C1(OC(=O)[C@@]([2H])(N)C([2H])(C([2H])([2H])[2H])C([2H])([2H])[2H])CC2c3cc(OC)c(OC)cc3C([2H])([2H])C([2H])([2H])N2CC1C([2H])([2H])C([2H])(C)C([2H])([2H])[2H].[2H]C1(OC(=O)[C@@]([2H])(N)C([2H])(C([2H])([2H])[2H])C([2H])([2H])[2H])CC2c3cc(OC)c(OC)cc3C([2H])([2H])C([2H])([2H])N2CC1C([2H])([2H])C([2H])(C)C([2H])([2H])[2H]. The smallest absolute Gasteiger partial charge is 0.323 e. The molecule has 504 valence electrons. The Kier molecular flexibility index (Phi) is 9.41. The zero-order valence-corrected chi connectivity index (χ0v) is 50.1. The number of hydrogen-bond donors (Lipinski definition) is 3. The Morgan fingerprint density at radius 2 is 0.744 bits per heavy atom. The lowest BCUT2D eigenvalue weighted by atomic mass is 9.79. The lowest BCUT2D eigenvalue weighted by Crippen LogP contribution is -2.51. The third-order valence-corrected chi connectivity index (χ3v) is 14.6. The Labute approximate surface area is 623 Å². The van der Waals surface area contributed by atoms with Crippen molar-refractivity contribution in [2.24, 2.45) is 70.3 Å². The fourth-order valence-electron chi connectivity index (χ4n) is 10.3. The highest BCUT2D eigenvalue weighted by Crippen LogP contribution is 2.48. The van der Waals surface area contributed by atoms with Crippen LogP contribution in [0.5, 0.6) is 34.5 Å². The standard InChI is InChI=1S/3C24H38N2O4/c3*1-14(2)9-17-13-26-8-7-16-10-21(28-5)22(29-6)11-18(16)19(26)12-20(17)30-24(27)23(25)15(3)4/h3*10-11,14-15,17,19-20,23H,7-9,12-13,25H2,1-6H3/t3*17?,19?,20?,23-/m000/s1/i1D3,3D3,4D3,5D3,7D2,8D2,9D2,14D,15D,20D,23D;2*1D3,3D3,4D3,7D2,8D2,9D2,14D,15D,20D,23D/t3*14?,17?,19?,20?,23-. The fourth-order valence-corrected chi connectivity index (χ4v) is 10.3. The molecule has 18 nitrogen and oxygen atoms in total. The monoisotopic (exact) mass is 1320 g/mol. The van der Waals surface area contributed by atoms with Crippen LogP contribution < -0.4 is 45.6 Å². The number of methoxy groups -OCH3 is 6. The maximum absolute atomic E-state index is 13.7. The lowest BCUT2D eigenvalue weighted by molar-refractivity contribution is -0.161. The summed E-state index contributed by atoms with van der Waals surface area (Å²) in [4.78, 5) is 43.3. The van der Waals surface area contributed by atoms with Gasteiger partial charge in [-0.05, 0) is 143 Å². The number of rotatable bonds is 21. The molecule has 90 heavy (non-hydrogen) atoms. The number of carbonyl (C=O) groups excluding carboxylic acids is 3. The highest BCUT2D eigenvalue weighted by molar-refractivity contribution is 5.77. The van der Waals surface area contributed by atoms with Gasteiger partial charge in [-0.25, -0.2) is 0 Å².